The fraction of sp³-hybridized carbons (Fsp3) is 0.900. The van der Waals surface area contributed by atoms with Gasteiger partial charge in [-0.3, -0.25) is 4.79 Å². The standard InChI is InChI=1S/C10H19NO3/c1-2-3-8(9(12)13)10(14)4-6-11-7-5-10/h8,11,14H,2-7H2,1H3,(H,12,13). The predicted molar refractivity (Wildman–Crippen MR) is 53.1 cm³/mol. The highest BCUT2D eigenvalue weighted by Crippen LogP contribution is 2.30. The van der Waals surface area contributed by atoms with Gasteiger partial charge in [-0.2, -0.15) is 0 Å². The molecule has 1 saturated heterocycles. The molecule has 4 nitrogen and oxygen atoms in total. The van der Waals surface area contributed by atoms with E-state index in [0.29, 0.717) is 32.4 Å². The maximum absolute atomic E-state index is 11.0. The maximum atomic E-state index is 11.0. The molecule has 0 spiro atoms. The Labute approximate surface area is 84.3 Å². The molecule has 3 N–H and O–H groups in total. The highest BCUT2D eigenvalue weighted by molar-refractivity contribution is 5.71. The Morgan fingerprint density at radius 1 is 1.50 bits per heavy atom. The highest BCUT2D eigenvalue weighted by atomic mass is 16.4. The SMILES string of the molecule is CCCC(C(=O)O)C1(O)CCNCC1. The van der Waals surface area contributed by atoms with E-state index in [1.165, 1.54) is 0 Å². The van der Waals surface area contributed by atoms with Gasteiger partial charge in [-0.15, -0.1) is 0 Å². The van der Waals surface area contributed by atoms with Gasteiger partial charge in [0, 0.05) is 0 Å². The number of carboxylic acids is 1. The van der Waals surface area contributed by atoms with Crippen LogP contribution < -0.4 is 5.32 Å². The summed E-state index contributed by atoms with van der Waals surface area (Å²) in [4.78, 5) is 11.0. The van der Waals surface area contributed by atoms with Gasteiger partial charge in [-0.05, 0) is 32.4 Å². The number of hydrogen-bond acceptors (Lipinski definition) is 3. The second-order valence-corrected chi connectivity index (χ2v) is 4.03. The molecule has 1 unspecified atom stereocenters. The summed E-state index contributed by atoms with van der Waals surface area (Å²) in [6.45, 7) is 3.37. The summed E-state index contributed by atoms with van der Waals surface area (Å²) in [5.74, 6) is -1.47. The molecule has 4 heteroatoms. The zero-order chi connectivity index (χ0) is 10.6. The minimum atomic E-state index is -0.993. The number of aliphatic hydroxyl groups is 1. The van der Waals surface area contributed by atoms with E-state index in [-0.39, 0.29) is 0 Å². The molecular formula is C10H19NO3. The summed E-state index contributed by atoms with van der Waals surface area (Å²) in [7, 11) is 0. The Morgan fingerprint density at radius 3 is 2.50 bits per heavy atom. The average Bonchev–Trinajstić information content (AvgIpc) is 2.14. The number of hydrogen-bond donors (Lipinski definition) is 3. The number of nitrogens with one attached hydrogen (secondary N) is 1. The summed E-state index contributed by atoms with van der Waals surface area (Å²) in [6, 6.07) is 0. The number of carbonyl (C=O) groups is 1. The lowest BCUT2D eigenvalue weighted by Crippen LogP contribution is -2.49. The van der Waals surface area contributed by atoms with Crippen LogP contribution in [0.2, 0.25) is 0 Å². The lowest BCUT2D eigenvalue weighted by atomic mass is 9.78. The van der Waals surface area contributed by atoms with Crippen LogP contribution in [-0.2, 0) is 4.79 Å². The van der Waals surface area contributed by atoms with E-state index in [0.717, 1.165) is 6.42 Å². The monoisotopic (exact) mass is 201 g/mol. The molecule has 1 heterocycles. The number of piperidine rings is 1. The third-order valence-electron chi connectivity index (χ3n) is 2.99. The molecule has 0 amide bonds. The molecule has 0 radical (unpaired) electrons. The zero-order valence-corrected chi connectivity index (χ0v) is 8.62. The summed E-state index contributed by atoms with van der Waals surface area (Å²) >= 11 is 0. The first-order chi connectivity index (χ1) is 6.60. The van der Waals surface area contributed by atoms with Gasteiger partial charge < -0.3 is 15.5 Å². The molecule has 0 bridgehead atoms. The second-order valence-electron chi connectivity index (χ2n) is 4.03. The molecule has 1 aliphatic heterocycles. The van der Waals surface area contributed by atoms with Crippen LogP contribution in [0.5, 0.6) is 0 Å². The van der Waals surface area contributed by atoms with Crippen LogP contribution in [0.4, 0.5) is 0 Å². The first kappa shape index (κ1) is 11.5. The molecule has 0 aromatic rings. The molecule has 0 aromatic heterocycles. The van der Waals surface area contributed by atoms with Crippen LogP contribution in [0, 0.1) is 5.92 Å². The van der Waals surface area contributed by atoms with Crippen molar-refractivity contribution in [1.29, 1.82) is 0 Å². The summed E-state index contributed by atoms with van der Waals surface area (Å²) in [5.41, 5.74) is -0.993. The van der Waals surface area contributed by atoms with E-state index in [2.05, 4.69) is 5.32 Å². The van der Waals surface area contributed by atoms with Crippen molar-refractivity contribution in [3.05, 3.63) is 0 Å². The van der Waals surface area contributed by atoms with Gasteiger partial charge >= 0.3 is 5.97 Å². The molecular weight excluding hydrogens is 182 g/mol. The summed E-state index contributed by atoms with van der Waals surface area (Å²) in [5, 5.41) is 22.4. The van der Waals surface area contributed by atoms with Crippen molar-refractivity contribution >= 4 is 5.97 Å². The van der Waals surface area contributed by atoms with Crippen LogP contribution >= 0.6 is 0 Å². The Balaban J connectivity index is 2.68. The van der Waals surface area contributed by atoms with Crippen molar-refractivity contribution in [3.8, 4) is 0 Å². The molecule has 1 rings (SSSR count). The molecule has 1 aliphatic rings. The van der Waals surface area contributed by atoms with E-state index >= 15 is 0 Å². The van der Waals surface area contributed by atoms with Crippen molar-refractivity contribution < 1.29 is 15.0 Å². The lowest BCUT2D eigenvalue weighted by molar-refractivity contribution is -0.154. The highest BCUT2D eigenvalue weighted by Gasteiger charge is 2.41. The Kier molecular flexibility index (Phi) is 3.89. The van der Waals surface area contributed by atoms with Crippen molar-refractivity contribution in [2.45, 2.75) is 38.2 Å². The zero-order valence-electron chi connectivity index (χ0n) is 8.62. The fourth-order valence-corrected chi connectivity index (χ4v) is 2.12. The molecule has 0 aliphatic carbocycles. The van der Waals surface area contributed by atoms with Crippen molar-refractivity contribution in [1.82, 2.24) is 5.32 Å². The van der Waals surface area contributed by atoms with E-state index in [1.807, 2.05) is 6.92 Å². The predicted octanol–water partition coefficient (Wildman–Crippen LogP) is 0.602. The molecule has 82 valence electrons. The maximum Gasteiger partial charge on any atom is 0.309 e. The first-order valence-corrected chi connectivity index (χ1v) is 5.26. The fourth-order valence-electron chi connectivity index (χ4n) is 2.12. The van der Waals surface area contributed by atoms with Crippen molar-refractivity contribution in [2.75, 3.05) is 13.1 Å². The molecule has 14 heavy (non-hydrogen) atoms. The van der Waals surface area contributed by atoms with Gasteiger partial charge in [0.15, 0.2) is 0 Å². The van der Waals surface area contributed by atoms with Crippen LogP contribution in [0.3, 0.4) is 0 Å². The van der Waals surface area contributed by atoms with Gasteiger partial charge in [0.05, 0.1) is 11.5 Å². The number of carboxylic acid groups (broad SMARTS) is 1. The molecule has 1 atom stereocenters. The topological polar surface area (TPSA) is 69.6 Å². The normalized spacial score (nSPS) is 23.0. The van der Waals surface area contributed by atoms with Crippen LogP contribution in [0.1, 0.15) is 32.6 Å². The molecule has 0 saturated carbocycles. The second kappa shape index (κ2) is 4.75. The summed E-state index contributed by atoms with van der Waals surface area (Å²) < 4.78 is 0. The smallest absolute Gasteiger partial charge is 0.309 e. The van der Waals surface area contributed by atoms with Gasteiger partial charge in [-0.1, -0.05) is 13.3 Å². The van der Waals surface area contributed by atoms with Gasteiger partial charge in [0.2, 0.25) is 0 Å². The Bertz CT molecular complexity index is 200. The minimum Gasteiger partial charge on any atom is -0.481 e. The summed E-state index contributed by atoms with van der Waals surface area (Å²) in [6.07, 6.45) is 2.45. The van der Waals surface area contributed by atoms with Gasteiger partial charge in [-0.25, -0.2) is 0 Å². The quantitative estimate of drug-likeness (QED) is 0.623. The van der Waals surface area contributed by atoms with E-state index < -0.39 is 17.5 Å². The van der Waals surface area contributed by atoms with Crippen molar-refractivity contribution in [2.24, 2.45) is 5.92 Å². The Hall–Kier alpha value is -0.610. The third-order valence-corrected chi connectivity index (χ3v) is 2.99. The third kappa shape index (κ3) is 2.45. The molecule has 0 aromatic carbocycles. The van der Waals surface area contributed by atoms with Gasteiger partial charge in [0.1, 0.15) is 0 Å². The number of rotatable bonds is 4. The van der Waals surface area contributed by atoms with Crippen molar-refractivity contribution in [3.63, 3.8) is 0 Å². The van der Waals surface area contributed by atoms with Gasteiger partial charge in [0.25, 0.3) is 0 Å². The average molecular weight is 201 g/mol. The van der Waals surface area contributed by atoms with E-state index in [4.69, 9.17) is 5.11 Å². The van der Waals surface area contributed by atoms with E-state index in [1.54, 1.807) is 0 Å². The largest absolute Gasteiger partial charge is 0.481 e. The van der Waals surface area contributed by atoms with Crippen LogP contribution in [0.25, 0.3) is 0 Å². The minimum absolute atomic E-state index is 0.546. The van der Waals surface area contributed by atoms with Crippen LogP contribution in [-0.4, -0.2) is 34.9 Å². The lowest BCUT2D eigenvalue weighted by Gasteiger charge is -2.37. The first-order valence-electron chi connectivity index (χ1n) is 5.26. The number of aliphatic carboxylic acids is 1. The molecule has 1 fully saturated rings. The van der Waals surface area contributed by atoms with E-state index in [9.17, 15) is 9.90 Å². The Morgan fingerprint density at radius 2 is 2.07 bits per heavy atom. The van der Waals surface area contributed by atoms with Crippen LogP contribution in [0.15, 0.2) is 0 Å².